The molecule has 2 aromatic rings. The fourth-order valence-corrected chi connectivity index (χ4v) is 3.31. The summed E-state index contributed by atoms with van der Waals surface area (Å²) in [6, 6.07) is 3.77. The highest BCUT2D eigenvalue weighted by atomic mass is 35.5. The second-order valence-corrected chi connectivity index (χ2v) is 6.69. The molecule has 3 nitrogen and oxygen atoms in total. The molecule has 1 N–H and O–H groups in total. The molecule has 0 unspecified atom stereocenters. The van der Waals surface area contributed by atoms with E-state index in [0.29, 0.717) is 12.4 Å². The SMILES string of the molecule is CSCCc1nn(-c2ccc(Cl)cc2C(F)(F)F)c2c1CCN2. The first-order valence-corrected chi connectivity index (χ1v) is 8.89. The Morgan fingerprint density at radius 3 is 2.87 bits per heavy atom. The van der Waals surface area contributed by atoms with Gasteiger partial charge in [0, 0.05) is 23.6 Å². The fraction of sp³-hybridized carbons (Fsp3) is 0.400. The minimum absolute atomic E-state index is 0.00273. The molecule has 2 heterocycles. The third kappa shape index (κ3) is 3.17. The van der Waals surface area contributed by atoms with Crippen LogP contribution in [0.2, 0.25) is 5.02 Å². The number of fused-ring (bicyclic) bond motifs is 1. The zero-order valence-corrected chi connectivity index (χ0v) is 13.9. The molecule has 0 radical (unpaired) electrons. The highest BCUT2D eigenvalue weighted by Crippen LogP contribution is 2.38. The molecular formula is C15H15ClF3N3S. The van der Waals surface area contributed by atoms with E-state index < -0.39 is 11.7 Å². The Labute approximate surface area is 141 Å². The highest BCUT2D eigenvalue weighted by molar-refractivity contribution is 7.98. The zero-order chi connectivity index (χ0) is 16.6. The Hall–Kier alpha value is -1.34. The number of aryl methyl sites for hydroxylation is 1. The molecule has 0 saturated heterocycles. The van der Waals surface area contributed by atoms with Gasteiger partial charge in [0.1, 0.15) is 5.82 Å². The topological polar surface area (TPSA) is 29.9 Å². The average Bonchev–Trinajstić information content (AvgIpc) is 3.07. The summed E-state index contributed by atoms with van der Waals surface area (Å²) in [4.78, 5) is 0. The standard InChI is InChI=1S/C15H15ClF3N3S/c1-23-7-5-12-10-4-6-20-14(10)22(21-12)13-3-2-9(16)8-11(13)15(17,18)19/h2-3,8,20H,4-7H2,1H3. The van der Waals surface area contributed by atoms with Crippen LogP contribution in [0.5, 0.6) is 0 Å². The van der Waals surface area contributed by atoms with Crippen LogP contribution in [0.15, 0.2) is 18.2 Å². The molecule has 0 aliphatic carbocycles. The van der Waals surface area contributed by atoms with E-state index in [-0.39, 0.29) is 10.7 Å². The van der Waals surface area contributed by atoms with Gasteiger partial charge in [-0.25, -0.2) is 4.68 Å². The lowest BCUT2D eigenvalue weighted by Gasteiger charge is -2.15. The first-order chi connectivity index (χ1) is 10.9. The van der Waals surface area contributed by atoms with Crippen molar-refractivity contribution < 1.29 is 13.2 Å². The maximum atomic E-state index is 13.4. The van der Waals surface area contributed by atoms with E-state index in [2.05, 4.69) is 10.4 Å². The van der Waals surface area contributed by atoms with E-state index >= 15 is 0 Å². The molecule has 1 aliphatic rings. The number of benzene rings is 1. The number of aromatic nitrogens is 2. The number of nitrogens with one attached hydrogen (secondary N) is 1. The monoisotopic (exact) mass is 361 g/mol. The molecule has 3 rings (SSSR count). The van der Waals surface area contributed by atoms with Crippen LogP contribution in [-0.2, 0) is 19.0 Å². The van der Waals surface area contributed by atoms with Crippen molar-refractivity contribution in [3.63, 3.8) is 0 Å². The van der Waals surface area contributed by atoms with Gasteiger partial charge in [0.2, 0.25) is 0 Å². The Balaban J connectivity index is 2.13. The molecular weight excluding hydrogens is 347 g/mol. The maximum absolute atomic E-state index is 13.4. The molecule has 23 heavy (non-hydrogen) atoms. The zero-order valence-electron chi connectivity index (χ0n) is 12.4. The number of hydrogen-bond acceptors (Lipinski definition) is 3. The molecule has 124 valence electrons. The van der Waals surface area contributed by atoms with Gasteiger partial charge in [-0.2, -0.15) is 30.0 Å². The van der Waals surface area contributed by atoms with Gasteiger partial charge in [-0.1, -0.05) is 11.6 Å². The van der Waals surface area contributed by atoms with Crippen molar-refractivity contribution in [3.05, 3.63) is 40.0 Å². The Morgan fingerprint density at radius 2 is 2.17 bits per heavy atom. The predicted molar refractivity (Wildman–Crippen MR) is 87.9 cm³/mol. The van der Waals surface area contributed by atoms with Crippen molar-refractivity contribution in [1.29, 1.82) is 0 Å². The van der Waals surface area contributed by atoms with E-state index in [1.807, 2.05) is 6.26 Å². The van der Waals surface area contributed by atoms with Gasteiger partial charge >= 0.3 is 6.18 Å². The van der Waals surface area contributed by atoms with Crippen molar-refractivity contribution in [2.24, 2.45) is 0 Å². The van der Waals surface area contributed by atoms with Crippen LogP contribution in [0, 0.1) is 0 Å². The van der Waals surface area contributed by atoms with E-state index in [0.717, 1.165) is 35.9 Å². The van der Waals surface area contributed by atoms with E-state index in [1.54, 1.807) is 11.8 Å². The van der Waals surface area contributed by atoms with Gasteiger partial charge in [0.25, 0.3) is 0 Å². The number of rotatable bonds is 4. The second kappa shape index (κ2) is 6.28. The largest absolute Gasteiger partial charge is 0.418 e. The van der Waals surface area contributed by atoms with Crippen molar-refractivity contribution in [1.82, 2.24) is 9.78 Å². The van der Waals surface area contributed by atoms with Gasteiger partial charge in [-0.3, -0.25) is 0 Å². The predicted octanol–water partition coefficient (Wildman–Crippen LogP) is 4.42. The molecule has 0 spiro atoms. The second-order valence-electron chi connectivity index (χ2n) is 5.26. The lowest BCUT2D eigenvalue weighted by molar-refractivity contribution is -0.137. The Bertz CT molecular complexity index is 727. The molecule has 0 amide bonds. The summed E-state index contributed by atoms with van der Waals surface area (Å²) in [5.74, 6) is 1.55. The molecule has 0 atom stereocenters. The summed E-state index contributed by atoms with van der Waals surface area (Å²) in [7, 11) is 0. The van der Waals surface area contributed by atoms with Crippen LogP contribution in [0.1, 0.15) is 16.8 Å². The minimum Gasteiger partial charge on any atom is -0.369 e. The van der Waals surface area contributed by atoms with Gasteiger partial charge in [0.05, 0.1) is 16.9 Å². The number of halogens is 4. The third-order valence-electron chi connectivity index (χ3n) is 3.77. The van der Waals surface area contributed by atoms with Crippen LogP contribution in [0.25, 0.3) is 5.69 Å². The van der Waals surface area contributed by atoms with Gasteiger partial charge in [0.15, 0.2) is 0 Å². The summed E-state index contributed by atoms with van der Waals surface area (Å²) in [6.07, 6.45) is -0.964. The third-order valence-corrected chi connectivity index (χ3v) is 4.62. The van der Waals surface area contributed by atoms with Gasteiger partial charge in [-0.05, 0) is 36.6 Å². The molecule has 0 bridgehead atoms. The molecule has 0 saturated carbocycles. The number of alkyl halides is 3. The summed E-state index contributed by atoms with van der Waals surface area (Å²) in [5, 5.41) is 7.65. The van der Waals surface area contributed by atoms with Crippen LogP contribution in [0.4, 0.5) is 19.0 Å². The van der Waals surface area contributed by atoms with Gasteiger partial charge < -0.3 is 5.32 Å². The van der Waals surface area contributed by atoms with Crippen molar-refractivity contribution in [3.8, 4) is 5.69 Å². The normalized spacial score (nSPS) is 14.0. The number of anilines is 1. The molecule has 1 aliphatic heterocycles. The van der Waals surface area contributed by atoms with E-state index in [1.165, 1.54) is 16.8 Å². The summed E-state index contributed by atoms with van der Waals surface area (Å²) >= 11 is 7.44. The lowest BCUT2D eigenvalue weighted by Crippen LogP contribution is -2.13. The molecule has 0 fully saturated rings. The number of nitrogens with zero attached hydrogens (tertiary/aromatic N) is 2. The molecule has 1 aromatic carbocycles. The van der Waals surface area contributed by atoms with Crippen LogP contribution >= 0.6 is 23.4 Å². The van der Waals surface area contributed by atoms with Crippen molar-refractivity contribution >= 4 is 29.2 Å². The Kier molecular flexibility index (Phi) is 4.51. The number of hydrogen-bond donors (Lipinski definition) is 1. The minimum atomic E-state index is -4.49. The fourth-order valence-electron chi connectivity index (χ4n) is 2.74. The lowest BCUT2D eigenvalue weighted by atomic mass is 10.1. The average molecular weight is 362 g/mol. The summed E-state index contributed by atoms with van der Waals surface area (Å²) in [6.45, 7) is 0.717. The number of thioether (sulfide) groups is 1. The van der Waals surface area contributed by atoms with E-state index in [4.69, 9.17) is 11.6 Å². The quantitative estimate of drug-likeness (QED) is 0.874. The first-order valence-electron chi connectivity index (χ1n) is 7.12. The van der Waals surface area contributed by atoms with Crippen LogP contribution in [-0.4, -0.2) is 28.3 Å². The van der Waals surface area contributed by atoms with E-state index in [9.17, 15) is 13.2 Å². The summed E-state index contributed by atoms with van der Waals surface area (Å²) in [5.41, 5.74) is 1.10. The first kappa shape index (κ1) is 16.5. The molecule has 8 heteroatoms. The summed E-state index contributed by atoms with van der Waals surface area (Å²) < 4.78 is 41.4. The van der Waals surface area contributed by atoms with Crippen LogP contribution in [0.3, 0.4) is 0 Å². The van der Waals surface area contributed by atoms with Crippen molar-refractivity contribution in [2.75, 3.05) is 23.9 Å². The maximum Gasteiger partial charge on any atom is 0.418 e. The highest BCUT2D eigenvalue weighted by Gasteiger charge is 2.36. The van der Waals surface area contributed by atoms with Crippen LogP contribution < -0.4 is 5.32 Å². The molecule has 1 aromatic heterocycles. The van der Waals surface area contributed by atoms with Crippen molar-refractivity contribution in [2.45, 2.75) is 19.0 Å². The Morgan fingerprint density at radius 1 is 1.39 bits per heavy atom. The smallest absolute Gasteiger partial charge is 0.369 e. The van der Waals surface area contributed by atoms with Gasteiger partial charge in [-0.15, -0.1) is 0 Å².